The minimum Gasteiger partial charge on any atom is -0.342 e. The van der Waals surface area contributed by atoms with Crippen LogP contribution in [0.1, 0.15) is 54.1 Å². The molecule has 0 saturated carbocycles. The average Bonchev–Trinajstić information content (AvgIpc) is 3.32. The van der Waals surface area contributed by atoms with Crippen molar-refractivity contribution in [1.29, 1.82) is 0 Å². The van der Waals surface area contributed by atoms with Crippen LogP contribution in [0.3, 0.4) is 0 Å². The summed E-state index contributed by atoms with van der Waals surface area (Å²) in [6, 6.07) is 16.2. The summed E-state index contributed by atoms with van der Waals surface area (Å²) in [6.45, 7) is 5.27. The van der Waals surface area contributed by atoms with Gasteiger partial charge in [0.15, 0.2) is 0 Å². The molecule has 2 aromatic heterocycles. The van der Waals surface area contributed by atoms with Gasteiger partial charge in [0.25, 0.3) is 5.91 Å². The predicted molar refractivity (Wildman–Crippen MR) is 147 cm³/mol. The number of fused-ring (bicyclic) bond motifs is 1. The van der Waals surface area contributed by atoms with Gasteiger partial charge < -0.3 is 14.4 Å². The number of halogens is 1. The van der Waals surface area contributed by atoms with Gasteiger partial charge in [-0.15, -0.1) is 0 Å². The lowest BCUT2D eigenvalue weighted by molar-refractivity contribution is -0.131. The summed E-state index contributed by atoms with van der Waals surface area (Å²) in [4.78, 5) is 34.1. The molecule has 38 heavy (non-hydrogen) atoms. The predicted octanol–water partition coefficient (Wildman–Crippen LogP) is 5.59. The lowest BCUT2D eigenvalue weighted by atomic mass is 9.89. The molecule has 0 spiro atoms. The summed E-state index contributed by atoms with van der Waals surface area (Å²) < 4.78 is 16.3. The Morgan fingerprint density at radius 1 is 1.08 bits per heavy atom. The largest absolute Gasteiger partial charge is 0.342 e. The van der Waals surface area contributed by atoms with Crippen molar-refractivity contribution < 1.29 is 14.0 Å². The van der Waals surface area contributed by atoms with Crippen molar-refractivity contribution in [3.05, 3.63) is 95.7 Å². The van der Waals surface area contributed by atoms with Gasteiger partial charge in [0, 0.05) is 44.0 Å². The van der Waals surface area contributed by atoms with E-state index in [-0.39, 0.29) is 23.8 Å². The first-order chi connectivity index (χ1) is 18.3. The van der Waals surface area contributed by atoms with E-state index in [2.05, 4.69) is 11.2 Å². The van der Waals surface area contributed by atoms with Gasteiger partial charge in [0.05, 0.1) is 29.4 Å². The van der Waals surface area contributed by atoms with Gasteiger partial charge >= 0.3 is 0 Å². The molecule has 0 N–H and O–H groups in total. The third-order valence-electron chi connectivity index (χ3n) is 7.67. The van der Waals surface area contributed by atoms with Crippen LogP contribution < -0.4 is 0 Å². The Bertz CT molecular complexity index is 1460. The molecule has 196 valence electrons. The number of aromatic nitrogens is 2. The zero-order chi connectivity index (χ0) is 26.8. The second kappa shape index (κ2) is 10.8. The second-order valence-electron chi connectivity index (χ2n) is 10.3. The van der Waals surface area contributed by atoms with E-state index in [1.807, 2.05) is 59.7 Å². The van der Waals surface area contributed by atoms with Gasteiger partial charge in [-0.1, -0.05) is 30.3 Å². The van der Waals surface area contributed by atoms with E-state index in [1.54, 1.807) is 30.4 Å². The molecule has 6 nitrogen and oxygen atoms in total. The number of rotatable bonds is 6. The average molecular weight is 513 g/mol. The van der Waals surface area contributed by atoms with Crippen LogP contribution in [0.2, 0.25) is 0 Å². The van der Waals surface area contributed by atoms with Gasteiger partial charge in [0.2, 0.25) is 5.91 Å². The zero-order valence-corrected chi connectivity index (χ0v) is 22.1. The van der Waals surface area contributed by atoms with E-state index in [0.29, 0.717) is 30.8 Å². The fourth-order valence-corrected chi connectivity index (χ4v) is 5.26. The maximum absolute atomic E-state index is 14.3. The van der Waals surface area contributed by atoms with Crippen molar-refractivity contribution in [3.63, 3.8) is 0 Å². The maximum atomic E-state index is 14.3. The Morgan fingerprint density at radius 3 is 2.53 bits per heavy atom. The van der Waals surface area contributed by atoms with Gasteiger partial charge in [-0.2, -0.15) is 0 Å². The van der Waals surface area contributed by atoms with E-state index in [1.165, 1.54) is 12.1 Å². The van der Waals surface area contributed by atoms with E-state index < -0.39 is 5.82 Å². The van der Waals surface area contributed by atoms with E-state index in [0.717, 1.165) is 34.9 Å². The fourth-order valence-electron chi connectivity index (χ4n) is 5.26. The molecule has 1 aliphatic rings. The number of carbonyl (C=O) groups excluding carboxylic acids is 2. The SMILES string of the molecule is CC(C)N(C)C(=O)c1cc(F)ccc1-n1cc(C2CCN(C(=O)Cc3ccccc3)CC2)c2ccncc21. The Hall–Kier alpha value is -4.00. The summed E-state index contributed by atoms with van der Waals surface area (Å²) in [7, 11) is 1.73. The standard InChI is InChI=1S/C31H33FN4O2/c1-21(2)34(3)31(38)26-18-24(32)9-10-28(26)36-20-27(25-11-14-33-19-29(25)36)23-12-15-35(16-13-23)30(37)17-22-7-5-4-6-8-22/h4-11,14,18-21,23H,12-13,15-17H2,1-3H3. The molecular weight excluding hydrogens is 479 g/mol. The number of amides is 2. The van der Waals surface area contributed by atoms with E-state index in [9.17, 15) is 14.0 Å². The molecule has 0 bridgehead atoms. The highest BCUT2D eigenvalue weighted by Crippen LogP contribution is 2.36. The maximum Gasteiger partial charge on any atom is 0.256 e. The van der Waals surface area contributed by atoms with Crippen LogP contribution in [-0.2, 0) is 11.2 Å². The van der Waals surface area contributed by atoms with Crippen LogP contribution in [0.5, 0.6) is 0 Å². The zero-order valence-electron chi connectivity index (χ0n) is 22.1. The summed E-state index contributed by atoms with van der Waals surface area (Å²) in [5, 5.41) is 1.06. The normalized spacial score (nSPS) is 14.3. The van der Waals surface area contributed by atoms with E-state index in [4.69, 9.17) is 0 Å². The van der Waals surface area contributed by atoms with Crippen molar-refractivity contribution in [2.45, 2.75) is 45.1 Å². The van der Waals surface area contributed by atoms with Gasteiger partial charge in [-0.3, -0.25) is 14.6 Å². The van der Waals surface area contributed by atoms with Crippen molar-refractivity contribution in [2.75, 3.05) is 20.1 Å². The number of hydrogen-bond donors (Lipinski definition) is 0. The highest BCUT2D eigenvalue weighted by Gasteiger charge is 2.27. The van der Waals surface area contributed by atoms with E-state index >= 15 is 0 Å². The third-order valence-corrected chi connectivity index (χ3v) is 7.67. The Labute approximate surface area is 222 Å². The number of hydrogen-bond acceptors (Lipinski definition) is 3. The Balaban J connectivity index is 1.43. The van der Waals surface area contributed by atoms with Crippen LogP contribution in [0.15, 0.2) is 73.2 Å². The van der Waals surface area contributed by atoms with Gasteiger partial charge in [-0.25, -0.2) is 4.39 Å². The minimum atomic E-state index is -0.448. The number of carbonyl (C=O) groups is 2. The number of pyridine rings is 1. The number of benzene rings is 2. The first-order valence-electron chi connectivity index (χ1n) is 13.2. The van der Waals surface area contributed by atoms with Crippen LogP contribution in [0.25, 0.3) is 16.6 Å². The topological polar surface area (TPSA) is 58.4 Å². The lowest BCUT2D eigenvalue weighted by Crippen LogP contribution is -2.38. The second-order valence-corrected chi connectivity index (χ2v) is 10.3. The number of likely N-dealkylation sites (tertiary alicyclic amines) is 1. The van der Waals surface area contributed by atoms with Crippen molar-refractivity contribution in [2.24, 2.45) is 0 Å². The lowest BCUT2D eigenvalue weighted by Gasteiger charge is -2.32. The van der Waals surface area contributed by atoms with Crippen molar-refractivity contribution in [1.82, 2.24) is 19.4 Å². The molecule has 2 amide bonds. The molecule has 0 unspecified atom stereocenters. The molecule has 0 radical (unpaired) electrons. The quantitative estimate of drug-likeness (QED) is 0.338. The molecule has 0 aliphatic carbocycles. The summed E-state index contributed by atoms with van der Waals surface area (Å²) in [6.07, 6.45) is 7.76. The molecule has 3 heterocycles. The molecule has 5 rings (SSSR count). The number of nitrogens with zero attached hydrogens (tertiary/aromatic N) is 4. The van der Waals surface area contributed by atoms with Crippen LogP contribution >= 0.6 is 0 Å². The van der Waals surface area contributed by atoms with Crippen LogP contribution in [0, 0.1) is 5.82 Å². The first kappa shape index (κ1) is 25.6. The summed E-state index contributed by atoms with van der Waals surface area (Å²) >= 11 is 0. The first-order valence-corrected chi connectivity index (χ1v) is 13.2. The molecule has 7 heteroatoms. The molecule has 1 aliphatic heterocycles. The highest BCUT2D eigenvalue weighted by molar-refractivity contribution is 5.99. The smallest absolute Gasteiger partial charge is 0.256 e. The Morgan fingerprint density at radius 2 is 1.82 bits per heavy atom. The Kier molecular flexibility index (Phi) is 7.27. The van der Waals surface area contributed by atoms with Gasteiger partial charge in [0.1, 0.15) is 5.82 Å². The molecule has 1 fully saturated rings. The van der Waals surface area contributed by atoms with Crippen LogP contribution in [0.4, 0.5) is 4.39 Å². The fraction of sp³-hybridized carbons (Fsp3) is 0.323. The third kappa shape index (κ3) is 5.05. The summed E-state index contributed by atoms with van der Waals surface area (Å²) in [5.41, 5.74) is 4.01. The molecule has 0 atom stereocenters. The molecule has 2 aromatic carbocycles. The van der Waals surface area contributed by atoms with Crippen molar-refractivity contribution in [3.8, 4) is 5.69 Å². The summed E-state index contributed by atoms with van der Waals surface area (Å²) in [5.74, 6) is -0.256. The molecular formula is C31H33FN4O2. The number of piperidine rings is 1. The highest BCUT2D eigenvalue weighted by atomic mass is 19.1. The van der Waals surface area contributed by atoms with Gasteiger partial charge in [-0.05, 0) is 68.0 Å². The van der Waals surface area contributed by atoms with Crippen LogP contribution in [-0.4, -0.2) is 57.3 Å². The van der Waals surface area contributed by atoms with Crippen molar-refractivity contribution >= 4 is 22.7 Å². The molecule has 1 saturated heterocycles. The monoisotopic (exact) mass is 512 g/mol. The molecule has 4 aromatic rings. The minimum absolute atomic E-state index is 0.0213.